The number of aromatic nitrogens is 3. The molecule has 4 rings (SSSR count). The lowest BCUT2D eigenvalue weighted by molar-refractivity contribution is -0.146. The number of carboxylic acid groups (broad SMARTS) is 1. The molecule has 2 atom stereocenters. The summed E-state index contributed by atoms with van der Waals surface area (Å²) in [6.45, 7) is 1.93. The van der Waals surface area contributed by atoms with Gasteiger partial charge in [0.25, 0.3) is 0 Å². The van der Waals surface area contributed by atoms with E-state index in [1.165, 1.54) is 5.56 Å². The Kier molecular flexibility index (Phi) is 7.48. The third-order valence-corrected chi connectivity index (χ3v) is 6.30. The van der Waals surface area contributed by atoms with Crippen molar-refractivity contribution in [2.75, 3.05) is 26.7 Å². The van der Waals surface area contributed by atoms with E-state index >= 15 is 0 Å². The molecular formula is C26H28N4O3. The molecule has 1 fully saturated rings. The Morgan fingerprint density at radius 3 is 2.94 bits per heavy atom. The molecule has 7 nitrogen and oxygen atoms in total. The van der Waals surface area contributed by atoms with E-state index in [1.807, 2.05) is 24.4 Å². The van der Waals surface area contributed by atoms with Crippen molar-refractivity contribution in [2.45, 2.75) is 25.7 Å². The van der Waals surface area contributed by atoms with E-state index in [1.54, 1.807) is 25.7 Å². The van der Waals surface area contributed by atoms with E-state index in [4.69, 9.17) is 4.74 Å². The van der Waals surface area contributed by atoms with Crippen LogP contribution in [0.3, 0.4) is 0 Å². The summed E-state index contributed by atoms with van der Waals surface area (Å²) in [5.41, 5.74) is 2.80. The van der Waals surface area contributed by atoms with Gasteiger partial charge >= 0.3 is 5.97 Å². The summed E-state index contributed by atoms with van der Waals surface area (Å²) in [7, 11) is 1.66. The van der Waals surface area contributed by atoms with E-state index in [0.29, 0.717) is 18.8 Å². The van der Waals surface area contributed by atoms with Crippen molar-refractivity contribution in [1.82, 2.24) is 19.9 Å². The summed E-state index contributed by atoms with van der Waals surface area (Å²) < 4.78 is 5.37. The van der Waals surface area contributed by atoms with Crippen LogP contribution in [0, 0.1) is 23.7 Å². The van der Waals surface area contributed by atoms with Crippen LogP contribution in [-0.4, -0.2) is 57.7 Å². The molecule has 0 bridgehead atoms. The molecule has 7 heteroatoms. The van der Waals surface area contributed by atoms with Gasteiger partial charge in [0.05, 0.1) is 31.3 Å². The second-order valence-corrected chi connectivity index (χ2v) is 8.37. The number of aryl methyl sites for hydroxylation is 1. The van der Waals surface area contributed by atoms with Crippen LogP contribution in [0.1, 0.15) is 30.5 Å². The van der Waals surface area contributed by atoms with Crippen molar-refractivity contribution in [2.24, 2.45) is 11.8 Å². The summed E-state index contributed by atoms with van der Waals surface area (Å²) in [5, 5.41) is 10.9. The average Bonchev–Trinajstić information content (AvgIpc) is 2.85. The normalized spacial score (nSPS) is 18.5. The van der Waals surface area contributed by atoms with E-state index in [0.717, 1.165) is 48.9 Å². The Balaban J connectivity index is 1.34. The van der Waals surface area contributed by atoms with Crippen molar-refractivity contribution in [3.63, 3.8) is 0 Å². The standard InChI is InChI=1S/C26H28N4O3/c1-33-22-7-8-25-23(16-22)19(9-11-29-25)4-2-5-20-10-15-30(18-24(20)26(31)32)14-3-6-21-17-27-12-13-28-21/h7-9,11-13,16-17,20,24H,2,4-5,10,14-15,18H2,1H3,(H,31,32)/t20-,24+/m1/s1. The van der Waals surface area contributed by atoms with E-state index in [2.05, 4.69) is 37.8 Å². The number of carboxylic acids is 1. The Labute approximate surface area is 193 Å². The zero-order valence-electron chi connectivity index (χ0n) is 18.8. The third-order valence-electron chi connectivity index (χ3n) is 6.30. The number of hydrogen-bond acceptors (Lipinski definition) is 6. The van der Waals surface area contributed by atoms with Crippen LogP contribution in [-0.2, 0) is 11.2 Å². The SMILES string of the molecule is COc1ccc2nccc(CCC[C@@H]3CCN(CC#Cc4cnccn4)C[C@@H]3C(=O)O)c2c1. The fraction of sp³-hybridized carbons (Fsp3) is 0.385. The highest BCUT2D eigenvalue weighted by Gasteiger charge is 2.33. The highest BCUT2D eigenvalue weighted by molar-refractivity contribution is 5.83. The zero-order valence-corrected chi connectivity index (χ0v) is 18.8. The number of rotatable bonds is 7. The van der Waals surface area contributed by atoms with Crippen LogP contribution in [0.4, 0.5) is 0 Å². The van der Waals surface area contributed by atoms with Crippen LogP contribution in [0.15, 0.2) is 49.1 Å². The molecule has 0 spiro atoms. The summed E-state index contributed by atoms with van der Waals surface area (Å²) in [5.74, 6) is 6.00. The molecule has 1 saturated heterocycles. The van der Waals surface area contributed by atoms with Crippen LogP contribution >= 0.6 is 0 Å². The highest BCUT2D eigenvalue weighted by Crippen LogP contribution is 2.30. The number of benzene rings is 1. The number of hydrogen-bond donors (Lipinski definition) is 1. The molecule has 0 amide bonds. The van der Waals surface area contributed by atoms with Gasteiger partial charge in [-0.1, -0.05) is 5.92 Å². The molecule has 1 N–H and O–H groups in total. The molecule has 0 radical (unpaired) electrons. The number of nitrogens with zero attached hydrogens (tertiary/aromatic N) is 4. The summed E-state index contributed by atoms with van der Waals surface area (Å²) >= 11 is 0. The molecule has 3 aromatic rings. The number of piperidine rings is 1. The number of aliphatic carboxylic acids is 1. The lowest BCUT2D eigenvalue weighted by Gasteiger charge is -2.35. The number of carbonyl (C=O) groups is 1. The minimum atomic E-state index is -0.717. The predicted octanol–water partition coefficient (Wildman–Crippen LogP) is 3.43. The van der Waals surface area contributed by atoms with Gasteiger partial charge < -0.3 is 9.84 Å². The van der Waals surface area contributed by atoms with Crippen molar-refractivity contribution in [3.05, 3.63) is 60.3 Å². The third kappa shape index (κ3) is 5.85. The van der Waals surface area contributed by atoms with Gasteiger partial charge in [-0.3, -0.25) is 19.7 Å². The molecule has 33 heavy (non-hydrogen) atoms. The van der Waals surface area contributed by atoms with Gasteiger partial charge in [-0.2, -0.15) is 0 Å². The summed E-state index contributed by atoms with van der Waals surface area (Å²) in [6.07, 6.45) is 10.3. The minimum Gasteiger partial charge on any atom is -0.497 e. The topological polar surface area (TPSA) is 88.4 Å². The van der Waals surface area contributed by atoms with Gasteiger partial charge in [0.2, 0.25) is 0 Å². The van der Waals surface area contributed by atoms with Gasteiger partial charge in [-0.15, -0.1) is 0 Å². The maximum Gasteiger partial charge on any atom is 0.308 e. The van der Waals surface area contributed by atoms with E-state index in [9.17, 15) is 9.90 Å². The summed E-state index contributed by atoms with van der Waals surface area (Å²) in [4.78, 5) is 26.7. The zero-order chi connectivity index (χ0) is 23.0. The molecule has 0 aliphatic carbocycles. The monoisotopic (exact) mass is 444 g/mol. The molecule has 0 unspecified atom stereocenters. The predicted molar refractivity (Wildman–Crippen MR) is 126 cm³/mol. The van der Waals surface area contributed by atoms with Crippen molar-refractivity contribution in [1.29, 1.82) is 0 Å². The van der Waals surface area contributed by atoms with Gasteiger partial charge in [0.1, 0.15) is 11.4 Å². The van der Waals surface area contributed by atoms with Gasteiger partial charge in [0, 0.05) is 30.5 Å². The molecule has 1 aliphatic heterocycles. The van der Waals surface area contributed by atoms with Crippen molar-refractivity contribution < 1.29 is 14.6 Å². The number of ether oxygens (including phenoxy) is 1. The first-order chi connectivity index (χ1) is 16.1. The Morgan fingerprint density at radius 2 is 2.15 bits per heavy atom. The maximum absolute atomic E-state index is 12.0. The molecule has 3 heterocycles. The quantitative estimate of drug-likeness (QED) is 0.559. The van der Waals surface area contributed by atoms with Crippen LogP contribution < -0.4 is 4.74 Å². The molecule has 1 aliphatic rings. The lowest BCUT2D eigenvalue weighted by Crippen LogP contribution is -2.44. The Bertz CT molecular complexity index is 1160. The number of fused-ring (bicyclic) bond motifs is 1. The van der Waals surface area contributed by atoms with Crippen LogP contribution in [0.5, 0.6) is 5.75 Å². The van der Waals surface area contributed by atoms with E-state index in [-0.39, 0.29) is 11.8 Å². The van der Waals surface area contributed by atoms with E-state index < -0.39 is 5.97 Å². The first-order valence-electron chi connectivity index (χ1n) is 11.3. The van der Waals surface area contributed by atoms with Gasteiger partial charge in [0.15, 0.2) is 0 Å². The van der Waals surface area contributed by atoms with Gasteiger partial charge in [-0.25, -0.2) is 4.98 Å². The first-order valence-corrected chi connectivity index (χ1v) is 11.3. The lowest BCUT2D eigenvalue weighted by atomic mass is 9.81. The smallest absolute Gasteiger partial charge is 0.308 e. The fourth-order valence-electron chi connectivity index (χ4n) is 4.52. The first kappa shape index (κ1) is 22.7. The summed E-state index contributed by atoms with van der Waals surface area (Å²) in [6, 6.07) is 7.97. The molecule has 170 valence electrons. The fourth-order valence-corrected chi connectivity index (χ4v) is 4.52. The molecule has 1 aromatic carbocycles. The molecule has 2 aromatic heterocycles. The van der Waals surface area contributed by atoms with Crippen LogP contribution in [0.25, 0.3) is 10.9 Å². The minimum absolute atomic E-state index is 0.175. The largest absolute Gasteiger partial charge is 0.497 e. The maximum atomic E-state index is 12.0. The number of likely N-dealkylation sites (tertiary alicyclic amines) is 1. The number of pyridine rings is 1. The second-order valence-electron chi connectivity index (χ2n) is 8.37. The van der Waals surface area contributed by atoms with Crippen molar-refractivity contribution >= 4 is 16.9 Å². The van der Waals surface area contributed by atoms with Crippen molar-refractivity contribution in [3.8, 4) is 17.6 Å². The Morgan fingerprint density at radius 1 is 1.24 bits per heavy atom. The van der Waals surface area contributed by atoms with Gasteiger partial charge in [-0.05, 0) is 73.9 Å². The number of methoxy groups -OCH3 is 1. The molecule has 0 saturated carbocycles. The van der Waals surface area contributed by atoms with Crippen LogP contribution in [0.2, 0.25) is 0 Å². The Hall–Kier alpha value is -3.50. The molecular weight excluding hydrogens is 416 g/mol. The highest BCUT2D eigenvalue weighted by atomic mass is 16.5. The second kappa shape index (κ2) is 10.9. The average molecular weight is 445 g/mol.